The average molecular weight is 311 g/mol. The fraction of sp³-hybridized carbons (Fsp3) is 0.647. The zero-order valence-electron chi connectivity index (χ0n) is 13.9. The molecule has 0 heterocycles. The minimum atomic E-state index is 0.353. The third kappa shape index (κ3) is 5.79. The molecule has 1 aromatic carbocycles. The summed E-state index contributed by atoms with van der Waals surface area (Å²) in [6.45, 7) is 6.68. The van der Waals surface area contributed by atoms with Gasteiger partial charge in [0.25, 0.3) is 0 Å². The van der Waals surface area contributed by atoms with E-state index < -0.39 is 0 Å². The Morgan fingerprint density at radius 2 is 1.86 bits per heavy atom. The molecule has 2 atom stereocenters. The molecule has 0 aliphatic heterocycles. The van der Waals surface area contributed by atoms with Crippen LogP contribution in [0.1, 0.15) is 45.2 Å². The van der Waals surface area contributed by atoms with Crippen molar-refractivity contribution in [3.8, 4) is 11.5 Å². The largest absolute Gasteiger partial charge is 0.493 e. The zero-order chi connectivity index (χ0) is 15.7. The minimum absolute atomic E-state index is 0.353. The van der Waals surface area contributed by atoms with E-state index in [0.717, 1.165) is 17.9 Å². The lowest BCUT2D eigenvalue weighted by atomic mass is 10.0. The van der Waals surface area contributed by atoms with Gasteiger partial charge in [0.2, 0.25) is 0 Å². The van der Waals surface area contributed by atoms with Crippen molar-refractivity contribution in [3.63, 3.8) is 0 Å². The number of ether oxygens (including phenoxy) is 2. The second kappa shape index (κ2) is 9.96. The minimum Gasteiger partial charge on any atom is -0.493 e. The van der Waals surface area contributed by atoms with E-state index in [1.165, 1.54) is 23.5 Å². The number of hydrogen-bond donors (Lipinski definition) is 1. The van der Waals surface area contributed by atoms with Crippen LogP contribution in [0.25, 0.3) is 0 Å². The van der Waals surface area contributed by atoms with Crippen LogP contribution >= 0.6 is 11.8 Å². The van der Waals surface area contributed by atoms with E-state index in [2.05, 4.69) is 38.2 Å². The van der Waals surface area contributed by atoms with Gasteiger partial charge in [-0.25, -0.2) is 0 Å². The van der Waals surface area contributed by atoms with Crippen LogP contribution in [-0.2, 0) is 0 Å². The summed E-state index contributed by atoms with van der Waals surface area (Å²) in [6.07, 6.45) is 2.25. The molecule has 4 heteroatoms. The molecule has 2 unspecified atom stereocenters. The molecule has 0 saturated heterocycles. The molecule has 3 nitrogen and oxygen atoms in total. The highest BCUT2D eigenvalue weighted by atomic mass is 32.2. The lowest BCUT2D eigenvalue weighted by molar-refractivity contribution is 0.353. The third-order valence-electron chi connectivity index (χ3n) is 3.60. The van der Waals surface area contributed by atoms with Gasteiger partial charge in [0.15, 0.2) is 11.5 Å². The van der Waals surface area contributed by atoms with E-state index in [-0.39, 0.29) is 0 Å². The summed E-state index contributed by atoms with van der Waals surface area (Å²) >= 11 is 2.00. The number of rotatable bonds is 10. The van der Waals surface area contributed by atoms with Gasteiger partial charge in [-0.3, -0.25) is 0 Å². The number of benzene rings is 1. The highest BCUT2D eigenvalue weighted by molar-refractivity contribution is 7.99. The molecule has 1 N–H and O–H groups in total. The van der Waals surface area contributed by atoms with Gasteiger partial charge < -0.3 is 14.8 Å². The lowest BCUT2D eigenvalue weighted by Crippen LogP contribution is -2.30. The van der Waals surface area contributed by atoms with Crippen molar-refractivity contribution in [1.82, 2.24) is 5.32 Å². The third-order valence-corrected chi connectivity index (χ3v) is 4.54. The maximum Gasteiger partial charge on any atom is 0.161 e. The first-order valence-electron chi connectivity index (χ1n) is 7.71. The van der Waals surface area contributed by atoms with Crippen LogP contribution in [0.3, 0.4) is 0 Å². The molecule has 0 bridgehead atoms. The molecule has 0 radical (unpaired) electrons. The first kappa shape index (κ1) is 18.2. The summed E-state index contributed by atoms with van der Waals surface area (Å²) in [7, 11) is 3.35. The Morgan fingerprint density at radius 1 is 1.14 bits per heavy atom. The second-order valence-electron chi connectivity index (χ2n) is 5.13. The van der Waals surface area contributed by atoms with Gasteiger partial charge in [-0.15, -0.1) is 0 Å². The van der Waals surface area contributed by atoms with Crippen LogP contribution in [0.5, 0.6) is 11.5 Å². The second-order valence-corrected chi connectivity index (χ2v) is 6.52. The summed E-state index contributed by atoms with van der Waals surface area (Å²) in [6, 6.07) is 7.05. The van der Waals surface area contributed by atoms with Gasteiger partial charge in [-0.1, -0.05) is 19.9 Å². The molecule has 0 aromatic heterocycles. The molecule has 120 valence electrons. The Balaban J connectivity index is 2.71. The van der Waals surface area contributed by atoms with Crippen molar-refractivity contribution in [1.29, 1.82) is 0 Å². The highest BCUT2D eigenvalue weighted by Crippen LogP contribution is 2.31. The summed E-state index contributed by atoms with van der Waals surface area (Å²) in [5.74, 6) is 3.99. The highest BCUT2D eigenvalue weighted by Gasteiger charge is 2.15. The first-order valence-corrected chi connectivity index (χ1v) is 8.87. The van der Waals surface area contributed by atoms with Crippen molar-refractivity contribution in [2.45, 2.75) is 45.7 Å². The molecule has 0 saturated carbocycles. The number of nitrogens with one attached hydrogen (secondary N) is 1. The maximum absolute atomic E-state index is 5.40. The van der Waals surface area contributed by atoms with Gasteiger partial charge in [-0.05, 0) is 49.0 Å². The smallest absolute Gasteiger partial charge is 0.161 e. The topological polar surface area (TPSA) is 30.5 Å². The van der Waals surface area contributed by atoms with Crippen LogP contribution in [0.4, 0.5) is 0 Å². The fourth-order valence-corrected chi connectivity index (χ4v) is 3.16. The summed E-state index contributed by atoms with van der Waals surface area (Å²) in [5.41, 5.74) is 1.25. The molecule has 1 aromatic rings. The van der Waals surface area contributed by atoms with Gasteiger partial charge in [-0.2, -0.15) is 11.8 Å². The Kier molecular flexibility index (Phi) is 8.62. The predicted molar refractivity (Wildman–Crippen MR) is 92.8 cm³/mol. The van der Waals surface area contributed by atoms with Crippen LogP contribution < -0.4 is 14.8 Å². The van der Waals surface area contributed by atoms with E-state index in [0.29, 0.717) is 12.1 Å². The predicted octanol–water partition coefficient (Wildman–Crippen LogP) is 4.28. The average Bonchev–Trinajstić information content (AvgIpc) is 2.52. The van der Waals surface area contributed by atoms with Crippen LogP contribution in [0.15, 0.2) is 18.2 Å². The molecule has 0 amide bonds. The zero-order valence-corrected chi connectivity index (χ0v) is 14.8. The van der Waals surface area contributed by atoms with Crippen LogP contribution in [0.2, 0.25) is 0 Å². The quantitative estimate of drug-likeness (QED) is 0.653. The van der Waals surface area contributed by atoms with E-state index >= 15 is 0 Å². The normalized spacial score (nSPS) is 13.8. The van der Waals surface area contributed by atoms with Crippen LogP contribution in [-0.4, -0.2) is 31.8 Å². The van der Waals surface area contributed by atoms with E-state index in [1.807, 2.05) is 17.8 Å². The van der Waals surface area contributed by atoms with Gasteiger partial charge in [0, 0.05) is 12.1 Å². The Hall–Kier alpha value is -0.870. The monoisotopic (exact) mass is 311 g/mol. The van der Waals surface area contributed by atoms with Crippen molar-refractivity contribution in [2.75, 3.05) is 25.7 Å². The van der Waals surface area contributed by atoms with Crippen molar-refractivity contribution in [2.24, 2.45) is 0 Å². The van der Waals surface area contributed by atoms with Gasteiger partial charge in [0.1, 0.15) is 0 Å². The summed E-state index contributed by atoms with van der Waals surface area (Å²) < 4.78 is 10.7. The molecule has 1 rings (SSSR count). The van der Waals surface area contributed by atoms with Gasteiger partial charge >= 0.3 is 0 Å². The standard InChI is InChI=1S/C17H29NO2S/c1-6-15(18-13(3)10-11-21-7-2)14-8-9-16(19-4)17(12-14)20-5/h8-9,12-13,15,18H,6-7,10-11H2,1-5H3. The molecule has 0 spiro atoms. The molecule has 0 aliphatic carbocycles. The summed E-state index contributed by atoms with van der Waals surface area (Å²) in [5, 5.41) is 3.72. The van der Waals surface area contributed by atoms with Crippen LogP contribution in [0, 0.1) is 0 Å². The first-order chi connectivity index (χ1) is 10.2. The Labute approximate surface area is 133 Å². The van der Waals surface area contributed by atoms with E-state index in [9.17, 15) is 0 Å². The molecule has 21 heavy (non-hydrogen) atoms. The lowest BCUT2D eigenvalue weighted by Gasteiger charge is -2.23. The molecule has 0 fully saturated rings. The maximum atomic E-state index is 5.40. The van der Waals surface area contributed by atoms with Gasteiger partial charge in [0.05, 0.1) is 14.2 Å². The van der Waals surface area contributed by atoms with Crippen molar-refractivity contribution in [3.05, 3.63) is 23.8 Å². The molecular formula is C17H29NO2S. The molecular weight excluding hydrogens is 282 g/mol. The molecule has 0 aliphatic rings. The summed E-state index contributed by atoms with van der Waals surface area (Å²) in [4.78, 5) is 0. The van der Waals surface area contributed by atoms with Crippen molar-refractivity contribution < 1.29 is 9.47 Å². The van der Waals surface area contributed by atoms with E-state index in [4.69, 9.17) is 9.47 Å². The SMILES string of the molecule is CCSCCC(C)NC(CC)c1ccc(OC)c(OC)c1. The fourth-order valence-electron chi connectivity index (χ4n) is 2.35. The number of methoxy groups -OCH3 is 2. The number of thioether (sulfide) groups is 1. The Morgan fingerprint density at radius 3 is 2.43 bits per heavy atom. The van der Waals surface area contributed by atoms with E-state index in [1.54, 1.807) is 14.2 Å². The Bertz CT molecular complexity index is 412. The van der Waals surface area contributed by atoms with Crippen molar-refractivity contribution >= 4 is 11.8 Å². The number of hydrogen-bond acceptors (Lipinski definition) is 4.